The highest BCUT2D eigenvalue weighted by Crippen LogP contribution is 2.42. The van der Waals surface area contributed by atoms with Crippen molar-refractivity contribution in [2.24, 2.45) is 0 Å². The largest absolute Gasteiger partial charge is 0.344 e. The van der Waals surface area contributed by atoms with Gasteiger partial charge >= 0.3 is 0 Å². The van der Waals surface area contributed by atoms with Crippen molar-refractivity contribution in [1.29, 1.82) is 0 Å². The van der Waals surface area contributed by atoms with Crippen molar-refractivity contribution in [2.45, 2.75) is 51.1 Å². The third-order valence-corrected chi connectivity index (χ3v) is 3.29. The zero-order valence-corrected chi connectivity index (χ0v) is 8.75. The van der Waals surface area contributed by atoms with Gasteiger partial charge in [-0.05, 0) is 32.3 Å². The number of ether oxygens (including phenoxy) is 2. The standard InChI is InChI=1S/C12H16O2/c1-12(2)13-10-6-8-4-3-5-9(8)7-11(10)14-12/h3-4,10-11H,5-7H2,1-2H3/t10-,11-/m0/s1. The van der Waals surface area contributed by atoms with E-state index in [1.54, 1.807) is 5.57 Å². The Kier molecular flexibility index (Phi) is 1.68. The molecule has 1 heterocycles. The van der Waals surface area contributed by atoms with E-state index < -0.39 is 0 Å². The summed E-state index contributed by atoms with van der Waals surface area (Å²) in [6.07, 6.45) is 8.31. The van der Waals surface area contributed by atoms with Gasteiger partial charge in [0.05, 0.1) is 12.2 Å². The molecule has 0 spiro atoms. The van der Waals surface area contributed by atoms with Gasteiger partial charge in [-0.15, -0.1) is 0 Å². The molecule has 0 aromatic heterocycles. The predicted molar refractivity (Wildman–Crippen MR) is 53.8 cm³/mol. The number of rotatable bonds is 0. The van der Waals surface area contributed by atoms with E-state index in [1.165, 1.54) is 5.57 Å². The number of fused-ring (bicyclic) bond motifs is 1. The maximum absolute atomic E-state index is 5.88. The molecule has 0 saturated carbocycles. The molecule has 0 unspecified atom stereocenters. The van der Waals surface area contributed by atoms with Crippen LogP contribution in [0.4, 0.5) is 0 Å². The third-order valence-electron chi connectivity index (χ3n) is 3.29. The Morgan fingerprint density at radius 1 is 1.21 bits per heavy atom. The van der Waals surface area contributed by atoms with E-state index in [4.69, 9.17) is 9.47 Å². The minimum absolute atomic E-state index is 0.284. The molecule has 1 aliphatic heterocycles. The van der Waals surface area contributed by atoms with Crippen LogP contribution >= 0.6 is 0 Å². The molecule has 14 heavy (non-hydrogen) atoms. The van der Waals surface area contributed by atoms with Crippen LogP contribution < -0.4 is 0 Å². The second-order valence-electron chi connectivity index (χ2n) is 4.86. The Balaban J connectivity index is 1.83. The average Bonchev–Trinajstić information content (AvgIpc) is 2.59. The lowest BCUT2D eigenvalue weighted by Crippen LogP contribution is -2.27. The van der Waals surface area contributed by atoms with E-state index in [9.17, 15) is 0 Å². The normalized spacial score (nSPS) is 38.7. The van der Waals surface area contributed by atoms with Gasteiger partial charge in [0, 0.05) is 6.42 Å². The predicted octanol–water partition coefficient (Wildman–Crippen LogP) is 2.56. The van der Waals surface area contributed by atoms with Crippen molar-refractivity contribution < 1.29 is 9.47 Å². The lowest BCUT2D eigenvalue weighted by atomic mass is 9.89. The first-order valence-corrected chi connectivity index (χ1v) is 5.37. The van der Waals surface area contributed by atoms with Crippen LogP contribution in [-0.2, 0) is 9.47 Å². The summed E-state index contributed by atoms with van der Waals surface area (Å²) >= 11 is 0. The number of hydrogen-bond acceptors (Lipinski definition) is 2. The molecule has 2 nitrogen and oxygen atoms in total. The Morgan fingerprint density at radius 3 is 2.71 bits per heavy atom. The van der Waals surface area contributed by atoms with E-state index in [-0.39, 0.29) is 11.9 Å². The van der Waals surface area contributed by atoms with Gasteiger partial charge < -0.3 is 9.47 Å². The van der Waals surface area contributed by atoms with Gasteiger partial charge in [0.25, 0.3) is 0 Å². The van der Waals surface area contributed by atoms with Crippen LogP contribution in [0.2, 0.25) is 0 Å². The molecular weight excluding hydrogens is 176 g/mol. The second-order valence-corrected chi connectivity index (χ2v) is 4.86. The molecule has 2 atom stereocenters. The first-order valence-electron chi connectivity index (χ1n) is 5.37. The molecule has 2 heteroatoms. The molecule has 3 rings (SSSR count). The minimum atomic E-state index is -0.376. The summed E-state index contributed by atoms with van der Waals surface area (Å²) in [7, 11) is 0. The maximum atomic E-state index is 5.88. The van der Waals surface area contributed by atoms with Gasteiger partial charge in [-0.1, -0.05) is 17.7 Å². The van der Waals surface area contributed by atoms with Gasteiger partial charge in [-0.25, -0.2) is 0 Å². The van der Waals surface area contributed by atoms with Crippen LogP contribution in [0.3, 0.4) is 0 Å². The van der Waals surface area contributed by atoms with Crippen molar-refractivity contribution in [3.63, 3.8) is 0 Å². The van der Waals surface area contributed by atoms with Crippen molar-refractivity contribution >= 4 is 0 Å². The fraction of sp³-hybridized carbons (Fsp3) is 0.667. The quantitative estimate of drug-likeness (QED) is 0.587. The summed E-state index contributed by atoms with van der Waals surface area (Å²) in [4.78, 5) is 0. The molecule has 0 radical (unpaired) electrons. The second kappa shape index (κ2) is 2.71. The Morgan fingerprint density at radius 2 is 1.93 bits per heavy atom. The summed E-state index contributed by atoms with van der Waals surface area (Å²) in [5.74, 6) is -0.376. The van der Waals surface area contributed by atoms with Crippen molar-refractivity contribution in [3.05, 3.63) is 23.3 Å². The van der Waals surface area contributed by atoms with E-state index in [0.29, 0.717) is 6.10 Å². The first kappa shape index (κ1) is 8.69. The lowest BCUT2D eigenvalue weighted by Gasteiger charge is -2.24. The van der Waals surface area contributed by atoms with Crippen LogP contribution in [0.5, 0.6) is 0 Å². The Labute approximate surface area is 84.6 Å². The van der Waals surface area contributed by atoms with Crippen molar-refractivity contribution in [3.8, 4) is 0 Å². The van der Waals surface area contributed by atoms with Crippen LogP contribution in [0, 0.1) is 0 Å². The summed E-state index contributed by atoms with van der Waals surface area (Å²) < 4.78 is 11.7. The molecule has 1 saturated heterocycles. The van der Waals surface area contributed by atoms with Gasteiger partial charge in [0.2, 0.25) is 0 Å². The van der Waals surface area contributed by atoms with Crippen molar-refractivity contribution in [1.82, 2.24) is 0 Å². The zero-order chi connectivity index (χ0) is 9.76. The topological polar surface area (TPSA) is 18.5 Å². The fourth-order valence-electron chi connectivity index (χ4n) is 2.73. The first-order chi connectivity index (χ1) is 6.64. The van der Waals surface area contributed by atoms with Crippen LogP contribution in [0.25, 0.3) is 0 Å². The van der Waals surface area contributed by atoms with E-state index in [0.717, 1.165) is 19.3 Å². The SMILES string of the molecule is CC1(C)O[C@H]2CC3=C(CC=C3)C[C@@H]2O1. The van der Waals surface area contributed by atoms with Crippen LogP contribution in [-0.4, -0.2) is 18.0 Å². The molecule has 3 aliphatic rings. The average molecular weight is 192 g/mol. The molecule has 0 amide bonds. The number of hydrogen-bond donors (Lipinski definition) is 0. The van der Waals surface area contributed by atoms with Gasteiger partial charge in [0.15, 0.2) is 5.79 Å². The maximum Gasteiger partial charge on any atom is 0.163 e. The molecule has 1 fully saturated rings. The molecule has 76 valence electrons. The lowest BCUT2D eigenvalue weighted by molar-refractivity contribution is -0.145. The number of allylic oxidation sites excluding steroid dienone is 2. The molecule has 0 bridgehead atoms. The van der Waals surface area contributed by atoms with Gasteiger partial charge in [0.1, 0.15) is 0 Å². The minimum Gasteiger partial charge on any atom is -0.344 e. The zero-order valence-electron chi connectivity index (χ0n) is 8.75. The van der Waals surface area contributed by atoms with Crippen molar-refractivity contribution in [2.75, 3.05) is 0 Å². The smallest absolute Gasteiger partial charge is 0.163 e. The summed E-state index contributed by atoms with van der Waals surface area (Å²) in [5.41, 5.74) is 3.06. The van der Waals surface area contributed by atoms with Crippen LogP contribution in [0.1, 0.15) is 33.1 Å². The molecule has 2 aliphatic carbocycles. The van der Waals surface area contributed by atoms with E-state index in [1.807, 2.05) is 13.8 Å². The Bertz CT molecular complexity index is 325. The van der Waals surface area contributed by atoms with Gasteiger partial charge in [-0.2, -0.15) is 0 Å². The molecule has 0 aromatic carbocycles. The fourth-order valence-corrected chi connectivity index (χ4v) is 2.73. The highest BCUT2D eigenvalue weighted by Gasteiger charge is 2.44. The summed E-state index contributed by atoms with van der Waals surface area (Å²) in [5, 5.41) is 0. The highest BCUT2D eigenvalue weighted by atomic mass is 16.7. The van der Waals surface area contributed by atoms with Gasteiger partial charge in [-0.3, -0.25) is 0 Å². The molecule has 0 N–H and O–H groups in total. The molecular formula is C12H16O2. The van der Waals surface area contributed by atoms with E-state index in [2.05, 4.69) is 12.2 Å². The summed E-state index contributed by atoms with van der Waals surface area (Å²) in [6, 6.07) is 0. The third kappa shape index (κ3) is 1.25. The highest BCUT2D eigenvalue weighted by molar-refractivity contribution is 5.37. The Hall–Kier alpha value is -0.600. The monoisotopic (exact) mass is 192 g/mol. The molecule has 0 aromatic rings. The summed E-state index contributed by atoms with van der Waals surface area (Å²) in [6.45, 7) is 4.01. The van der Waals surface area contributed by atoms with Crippen LogP contribution in [0.15, 0.2) is 23.3 Å². The van der Waals surface area contributed by atoms with E-state index >= 15 is 0 Å².